The van der Waals surface area contributed by atoms with Gasteiger partial charge in [-0.05, 0) is 43.9 Å². The zero-order chi connectivity index (χ0) is 26.4. The molecular formula is C30H36N4O4. The first-order valence-corrected chi connectivity index (χ1v) is 13.7. The monoisotopic (exact) mass is 516 g/mol. The van der Waals surface area contributed by atoms with Gasteiger partial charge in [-0.2, -0.15) is 0 Å². The molecule has 2 saturated heterocycles. The number of hydrogen-bond acceptors (Lipinski definition) is 7. The van der Waals surface area contributed by atoms with Crippen LogP contribution in [0.15, 0.2) is 56.5 Å². The molecule has 3 aliphatic heterocycles. The molecule has 0 aliphatic carbocycles. The summed E-state index contributed by atoms with van der Waals surface area (Å²) in [6, 6.07) is 13.5. The van der Waals surface area contributed by atoms with E-state index in [1.807, 2.05) is 10.6 Å². The number of aromatic hydroxyl groups is 1. The standard InChI is InChI=1S/C30H36N4O4/c1-20-6-7-25(21(2)12-20)33-10-8-31(9-11-33)19-28-30(37)27(35)14-24(38-28)18-32-15-22-13-23(17-32)26-4-3-5-29(36)34(26)16-22/h3-7,12,14,22-23,37H,8-11,13,15-19H2,1-2H3/t22-,23+/m1/s1. The van der Waals surface area contributed by atoms with E-state index in [-0.39, 0.29) is 16.7 Å². The van der Waals surface area contributed by atoms with Gasteiger partial charge in [0.2, 0.25) is 11.2 Å². The van der Waals surface area contributed by atoms with Gasteiger partial charge in [-0.15, -0.1) is 0 Å². The zero-order valence-electron chi connectivity index (χ0n) is 22.2. The van der Waals surface area contributed by atoms with Gasteiger partial charge < -0.3 is 19.0 Å². The van der Waals surface area contributed by atoms with Crippen molar-refractivity contribution in [1.29, 1.82) is 0 Å². The molecule has 0 radical (unpaired) electrons. The molecule has 3 aromatic rings. The maximum Gasteiger partial charge on any atom is 0.250 e. The highest BCUT2D eigenvalue weighted by Crippen LogP contribution is 2.35. The van der Waals surface area contributed by atoms with Crippen LogP contribution in [0.5, 0.6) is 5.75 Å². The molecule has 0 saturated carbocycles. The molecule has 0 spiro atoms. The van der Waals surface area contributed by atoms with Gasteiger partial charge in [0.25, 0.3) is 5.56 Å². The fourth-order valence-corrected chi connectivity index (χ4v) is 6.63. The summed E-state index contributed by atoms with van der Waals surface area (Å²) in [5.41, 5.74) is 4.62. The minimum absolute atomic E-state index is 0.0784. The maximum atomic E-state index is 12.6. The summed E-state index contributed by atoms with van der Waals surface area (Å²) in [5, 5.41) is 10.5. The largest absolute Gasteiger partial charge is 0.502 e. The average Bonchev–Trinajstić information content (AvgIpc) is 2.88. The van der Waals surface area contributed by atoms with Gasteiger partial charge in [0.05, 0.1) is 13.1 Å². The van der Waals surface area contributed by atoms with Gasteiger partial charge in [-0.3, -0.25) is 19.4 Å². The Hall–Kier alpha value is -3.36. The van der Waals surface area contributed by atoms with Crippen LogP contribution in [0.3, 0.4) is 0 Å². The van der Waals surface area contributed by atoms with Crippen molar-refractivity contribution in [2.75, 3.05) is 44.2 Å². The Balaban J connectivity index is 1.12. The smallest absolute Gasteiger partial charge is 0.250 e. The van der Waals surface area contributed by atoms with Crippen LogP contribution in [-0.2, 0) is 19.6 Å². The highest BCUT2D eigenvalue weighted by atomic mass is 16.4. The van der Waals surface area contributed by atoms with Crippen LogP contribution in [0.2, 0.25) is 0 Å². The Bertz CT molecular complexity index is 1450. The molecule has 200 valence electrons. The number of fused-ring (bicyclic) bond motifs is 4. The molecule has 0 amide bonds. The molecule has 8 heteroatoms. The summed E-state index contributed by atoms with van der Waals surface area (Å²) in [5.74, 6) is 1.35. The van der Waals surface area contributed by atoms with Crippen molar-refractivity contribution in [2.24, 2.45) is 5.92 Å². The topological polar surface area (TPSA) is 82.2 Å². The summed E-state index contributed by atoms with van der Waals surface area (Å²) in [6.07, 6.45) is 1.08. The minimum Gasteiger partial charge on any atom is -0.502 e. The van der Waals surface area contributed by atoms with Crippen LogP contribution >= 0.6 is 0 Å². The van der Waals surface area contributed by atoms with Crippen LogP contribution in [0.4, 0.5) is 5.69 Å². The Kier molecular flexibility index (Phi) is 6.61. The highest BCUT2D eigenvalue weighted by Gasteiger charge is 2.34. The molecule has 1 aromatic carbocycles. The first-order valence-electron chi connectivity index (χ1n) is 13.7. The van der Waals surface area contributed by atoms with Crippen molar-refractivity contribution < 1.29 is 9.52 Å². The number of likely N-dealkylation sites (tertiary alicyclic amines) is 1. The lowest BCUT2D eigenvalue weighted by Crippen LogP contribution is -2.46. The van der Waals surface area contributed by atoms with Gasteiger partial charge in [-0.1, -0.05) is 23.8 Å². The molecule has 1 N–H and O–H groups in total. The van der Waals surface area contributed by atoms with Crippen molar-refractivity contribution in [3.8, 4) is 5.75 Å². The Labute approximate surface area is 222 Å². The van der Waals surface area contributed by atoms with E-state index >= 15 is 0 Å². The summed E-state index contributed by atoms with van der Waals surface area (Å²) >= 11 is 0. The summed E-state index contributed by atoms with van der Waals surface area (Å²) < 4.78 is 8.07. The van der Waals surface area contributed by atoms with E-state index in [4.69, 9.17) is 4.42 Å². The lowest BCUT2D eigenvalue weighted by molar-refractivity contribution is 0.105. The number of pyridine rings is 1. The lowest BCUT2D eigenvalue weighted by Gasteiger charge is -2.42. The number of benzene rings is 1. The summed E-state index contributed by atoms with van der Waals surface area (Å²) in [7, 11) is 0. The number of anilines is 1. The molecule has 8 nitrogen and oxygen atoms in total. The predicted molar refractivity (Wildman–Crippen MR) is 147 cm³/mol. The zero-order valence-corrected chi connectivity index (χ0v) is 22.2. The van der Waals surface area contributed by atoms with E-state index in [0.717, 1.165) is 57.9 Å². The molecular weight excluding hydrogens is 480 g/mol. The number of piperidine rings is 1. The minimum atomic E-state index is -0.385. The number of piperazine rings is 1. The molecule has 38 heavy (non-hydrogen) atoms. The summed E-state index contributed by atoms with van der Waals surface area (Å²) in [4.78, 5) is 31.9. The molecule has 6 rings (SSSR count). The average molecular weight is 517 g/mol. The lowest BCUT2D eigenvalue weighted by atomic mass is 9.83. The van der Waals surface area contributed by atoms with E-state index in [0.29, 0.717) is 36.4 Å². The Morgan fingerprint density at radius 2 is 1.74 bits per heavy atom. The van der Waals surface area contributed by atoms with E-state index in [1.165, 1.54) is 22.9 Å². The molecule has 2 aromatic heterocycles. The Morgan fingerprint density at radius 1 is 0.921 bits per heavy atom. The van der Waals surface area contributed by atoms with Crippen molar-refractivity contribution in [3.05, 3.63) is 91.4 Å². The van der Waals surface area contributed by atoms with Crippen molar-refractivity contribution in [1.82, 2.24) is 14.4 Å². The highest BCUT2D eigenvalue weighted by molar-refractivity contribution is 5.54. The molecule has 5 heterocycles. The third kappa shape index (κ3) is 4.90. The van der Waals surface area contributed by atoms with Gasteiger partial charge in [-0.25, -0.2) is 0 Å². The fourth-order valence-electron chi connectivity index (χ4n) is 6.63. The van der Waals surface area contributed by atoms with Crippen molar-refractivity contribution in [3.63, 3.8) is 0 Å². The van der Waals surface area contributed by atoms with E-state index in [1.54, 1.807) is 6.07 Å². The predicted octanol–water partition coefficient (Wildman–Crippen LogP) is 3.07. The Morgan fingerprint density at radius 3 is 2.53 bits per heavy atom. The van der Waals surface area contributed by atoms with Gasteiger partial charge in [0.1, 0.15) is 5.76 Å². The van der Waals surface area contributed by atoms with Gasteiger partial charge >= 0.3 is 0 Å². The molecule has 2 bridgehead atoms. The molecule has 2 atom stereocenters. The van der Waals surface area contributed by atoms with Crippen LogP contribution in [-0.4, -0.2) is 58.7 Å². The number of rotatable bonds is 5. The first kappa shape index (κ1) is 24.9. The quantitative estimate of drug-likeness (QED) is 0.558. The van der Waals surface area contributed by atoms with Crippen LogP contribution in [0.25, 0.3) is 0 Å². The number of hydrogen-bond donors (Lipinski definition) is 1. The van der Waals surface area contributed by atoms with E-state index in [9.17, 15) is 14.7 Å². The molecule has 0 unspecified atom stereocenters. The normalized spacial score (nSPS) is 21.9. The SMILES string of the molecule is Cc1ccc(N2CCN(Cc3oc(CN4C[C@H]5C[C@@H](C4)c4cccc(=O)n4C5)cc(=O)c3O)CC2)c(C)c1. The molecule has 3 aliphatic rings. The van der Waals surface area contributed by atoms with Crippen LogP contribution in [0.1, 0.15) is 40.7 Å². The van der Waals surface area contributed by atoms with E-state index in [2.05, 4.69) is 52.8 Å². The third-order valence-electron chi connectivity index (χ3n) is 8.41. The van der Waals surface area contributed by atoms with Crippen LogP contribution in [0, 0.1) is 19.8 Å². The van der Waals surface area contributed by atoms with Gasteiger partial charge in [0.15, 0.2) is 5.76 Å². The summed E-state index contributed by atoms with van der Waals surface area (Å²) in [6.45, 7) is 11.0. The maximum absolute atomic E-state index is 12.6. The second-order valence-corrected chi connectivity index (χ2v) is 11.3. The fraction of sp³-hybridized carbons (Fsp3) is 0.467. The molecule has 2 fully saturated rings. The second-order valence-electron chi connectivity index (χ2n) is 11.3. The number of aromatic nitrogens is 1. The van der Waals surface area contributed by atoms with Gasteiger partial charge in [0, 0.05) is 75.2 Å². The van der Waals surface area contributed by atoms with Crippen molar-refractivity contribution >= 4 is 5.69 Å². The number of aryl methyl sites for hydroxylation is 2. The third-order valence-corrected chi connectivity index (χ3v) is 8.41. The van der Waals surface area contributed by atoms with E-state index < -0.39 is 0 Å². The van der Waals surface area contributed by atoms with Crippen molar-refractivity contribution in [2.45, 2.75) is 45.8 Å². The second kappa shape index (κ2) is 10.1. The number of nitrogens with zero attached hydrogens (tertiary/aromatic N) is 4. The first-order chi connectivity index (χ1) is 18.3. The van der Waals surface area contributed by atoms with Crippen LogP contribution < -0.4 is 15.9 Å².